The van der Waals surface area contributed by atoms with E-state index in [4.69, 9.17) is 4.74 Å². The number of benzene rings is 1. The minimum Gasteiger partial charge on any atom is -0.372 e. The van der Waals surface area contributed by atoms with Gasteiger partial charge in [-0.2, -0.15) is 0 Å². The smallest absolute Gasteiger partial charge is 0.0885 e. The largest absolute Gasteiger partial charge is 0.372 e. The van der Waals surface area contributed by atoms with E-state index in [1.165, 1.54) is 36.8 Å². The van der Waals surface area contributed by atoms with Crippen LogP contribution in [0, 0.1) is 6.42 Å². The quantitative estimate of drug-likeness (QED) is 0.510. The molecule has 1 aliphatic heterocycles. The van der Waals surface area contributed by atoms with Gasteiger partial charge in [0.15, 0.2) is 0 Å². The van der Waals surface area contributed by atoms with Gasteiger partial charge in [-0.05, 0) is 24.0 Å². The molecule has 2 rings (SSSR count). The second kappa shape index (κ2) is 5.32. The second-order valence-corrected chi connectivity index (χ2v) is 4.19. The molecular weight excluding hydrogens is 184 g/mol. The molecule has 1 radical (unpaired) electrons. The standard InChI is InChI=1S/C14H19O/c1-2-3-4-7-12-8-5-6-9-13(12)10-14-11-15-14/h5-6,8-10,14H,2-4,7,11H2,1H3. The van der Waals surface area contributed by atoms with Gasteiger partial charge in [-0.3, -0.25) is 0 Å². The average molecular weight is 203 g/mol. The molecule has 1 unspecified atom stereocenters. The molecule has 1 fully saturated rings. The van der Waals surface area contributed by atoms with E-state index in [-0.39, 0.29) is 0 Å². The number of epoxide rings is 1. The Morgan fingerprint density at radius 1 is 1.33 bits per heavy atom. The fourth-order valence-corrected chi connectivity index (χ4v) is 1.84. The summed E-state index contributed by atoms with van der Waals surface area (Å²) in [5.74, 6) is 0. The Kier molecular flexibility index (Phi) is 3.79. The summed E-state index contributed by atoms with van der Waals surface area (Å²) in [4.78, 5) is 0. The molecule has 0 N–H and O–H groups in total. The van der Waals surface area contributed by atoms with Crippen molar-refractivity contribution in [3.63, 3.8) is 0 Å². The number of aryl methyl sites for hydroxylation is 1. The fourth-order valence-electron chi connectivity index (χ4n) is 1.84. The zero-order chi connectivity index (χ0) is 10.5. The van der Waals surface area contributed by atoms with Crippen molar-refractivity contribution in [1.29, 1.82) is 0 Å². The van der Waals surface area contributed by atoms with E-state index in [0.717, 1.165) is 6.61 Å². The molecule has 0 amide bonds. The van der Waals surface area contributed by atoms with E-state index < -0.39 is 0 Å². The van der Waals surface area contributed by atoms with E-state index in [1.807, 2.05) is 0 Å². The summed E-state index contributed by atoms with van der Waals surface area (Å²) in [6.07, 6.45) is 7.75. The first-order valence-electron chi connectivity index (χ1n) is 5.94. The zero-order valence-corrected chi connectivity index (χ0v) is 9.41. The third kappa shape index (κ3) is 3.35. The monoisotopic (exact) mass is 203 g/mol. The Labute approximate surface area is 92.5 Å². The summed E-state index contributed by atoms with van der Waals surface area (Å²) >= 11 is 0. The van der Waals surface area contributed by atoms with Crippen molar-refractivity contribution in [1.82, 2.24) is 0 Å². The Bertz CT molecular complexity index is 302. The highest BCUT2D eigenvalue weighted by molar-refractivity contribution is 5.35. The van der Waals surface area contributed by atoms with Crippen molar-refractivity contribution in [3.05, 3.63) is 41.8 Å². The van der Waals surface area contributed by atoms with E-state index in [1.54, 1.807) is 0 Å². The third-order valence-electron chi connectivity index (χ3n) is 2.83. The van der Waals surface area contributed by atoms with Gasteiger partial charge in [0.25, 0.3) is 0 Å². The normalized spacial score (nSPS) is 19.1. The lowest BCUT2D eigenvalue weighted by Gasteiger charge is -2.07. The van der Waals surface area contributed by atoms with Gasteiger partial charge in [-0.1, -0.05) is 44.0 Å². The topological polar surface area (TPSA) is 12.5 Å². The molecule has 0 spiro atoms. The maximum Gasteiger partial charge on any atom is 0.0885 e. The molecule has 15 heavy (non-hydrogen) atoms. The van der Waals surface area contributed by atoms with Gasteiger partial charge in [0, 0.05) is 6.42 Å². The molecular formula is C14H19O. The van der Waals surface area contributed by atoms with Crippen LogP contribution in [0.15, 0.2) is 24.3 Å². The van der Waals surface area contributed by atoms with Crippen molar-refractivity contribution in [2.24, 2.45) is 0 Å². The highest BCUT2D eigenvalue weighted by Gasteiger charge is 2.23. The molecule has 1 aromatic carbocycles. The first-order valence-corrected chi connectivity index (χ1v) is 5.94. The van der Waals surface area contributed by atoms with Crippen molar-refractivity contribution in [2.75, 3.05) is 6.61 Å². The van der Waals surface area contributed by atoms with Crippen LogP contribution in [0.2, 0.25) is 0 Å². The van der Waals surface area contributed by atoms with E-state index in [0.29, 0.717) is 6.10 Å². The molecule has 1 atom stereocenters. The molecule has 1 nitrogen and oxygen atoms in total. The molecule has 1 aromatic rings. The maximum atomic E-state index is 5.24. The molecule has 0 aliphatic carbocycles. The van der Waals surface area contributed by atoms with Gasteiger partial charge in [-0.25, -0.2) is 0 Å². The SMILES string of the molecule is CCCCCc1ccccc1[CH]C1CO1. The Balaban J connectivity index is 1.93. The summed E-state index contributed by atoms with van der Waals surface area (Å²) in [7, 11) is 0. The minimum absolute atomic E-state index is 0.386. The van der Waals surface area contributed by atoms with Crippen molar-refractivity contribution < 1.29 is 4.74 Å². The summed E-state index contributed by atoms with van der Waals surface area (Å²) in [5.41, 5.74) is 2.84. The summed E-state index contributed by atoms with van der Waals surface area (Å²) < 4.78 is 5.24. The molecule has 1 heterocycles. The number of rotatable bonds is 6. The molecule has 1 heteroatoms. The van der Waals surface area contributed by atoms with Gasteiger partial charge < -0.3 is 4.74 Å². The van der Waals surface area contributed by atoms with Gasteiger partial charge in [-0.15, -0.1) is 0 Å². The Hall–Kier alpha value is -0.820. The lowest BCUT2D eigenvalue weighted by molar-refractivity contribution is 0.432. The van der Waals surface area contributed by atoms with Crippen LogP contribution in [0.1, 0.15) is 37.3 Å². The summed E-state index contributed by atoms with van der Waals surface area (Å²) in [6, 6.07) is 8.68. The maximum absolute atomic E-state index is 5.24. The van der Waals surface area contributed by atoms with Crippen molar-refractivity contribution in [3.8, 4) is 0 Å². The van der Waals surface area contributed by atoms with E-state index in [2.05, 4.69) is 37.6 Å². The molecule has 0 saturated carbocycles. The average Bonchev–Trinajstić information content (AvgIpc) is 3.05. The first kappa shape index (κ1) is 10.7. The number of unbranched alkanes of at least 4 members (excludes halogenated alkanes) is 2. The van der Waals surface area contributed by atoms with Crippen molar-refractivity contribution in [2.45, 2.75) is 38.7 Å². The molecule has 81 valence electrons. The molecule has 0 bridgehead atoms. The van der Waals surface area contributed by atoms with Crippen LogP contribution in [0.25, 0.3) is 0 Å². The first-order chi connectivity index (χ1) is 7.40. The lowest BCUT2D eigenvalue weighted by Crippen LogP contribution is -1.96. The summed E-state index contributed by atoms with van der Waals surface area (Å²) in [6.45, 7) is 3.15. The second-order valence-electron chi connectivity index (χ2n) is 4.19. The Morgan fingerprint density at radius 2 is 2.13 bits per heavy atom. The zero-order valence-electron chi connectivity index (χ0n) is 9.41. The molecule has 1 saturated heterocycles. The van der Waals surface area contributed by atoms with Crippen LogP contribution < -0.4 is 0 Å². The third-order valence-corrected chi connectivity index (χ3v) is 2.83. The number of ether oxygens (including phenoxy) is 1. The van der Waals surface area contributed by atoms with E-state index >= 15 is 0 Å². The minimum atomic E-state index is 0.386. The highest BCUT2D eigenvalue weighted by atomic mass is 16.6. The van der Waals surface area contributed by atoms with Crippen LogP contribution in [-0.2, 0) is 11.2 Å². The molecule has 0 aromatic heterocycles. The predicted octanol–water partition coefficient (Wildman–Crippen LogP) is 3.37. The van der Waals surface area contributed by atoms with Crippen molar-refractivity contribution >= 4 is 0 Å². The highest BCUT2D eigenvalue weighted by Crippen LogP contribution is 2.22. The van der Waals surface area contributed by atoms with Gasteiger partial charge in [0.05, 0.1) is 12.7 Å². The van der Waals surface area contributed by atoms with E-state index in [9.17, 15) is 0 Å². The number of hydrogen-bond donors (Lipinski definition) is 0. The Morgan fingerprint density at radius 3 is 2.87 bits per heavy atom. The van der Waals surface area contributed by atoms with Gasteiger partial charge in [0.1, 0.15) is 0 Å². The predicted molar refractivity (Wildman–Crippen MR) is 62.8 cm³/mol. The lowest BCUT2D eigenvalue weighted by atomic mass is 9.98. The van der Waals surface area contributed by atoms with Crippen LogP contribution in [-0.4, -0.2) is 12.7 Å². The van der Waals surface area contributed by atoms with Gasteiger partial charge >= 0.3 is 0 Å². The van der Waals surface area contributed by atoms with Crippen LogP contribution in [0.5, 0.6) is 0 Å². The molecule has 1 aliphatic rings. The van der Waals surface area contributed by atoms with Crippen LogP contribution >= 0.6 is 0 Å². The van der Waals surface area contributed by atoms with Gasteiger partial charge in [0.2, 0.25) is 0 Å². The van der Waals surface area contributed by atoms with Crippen LogP contribution in [0.4, 0.5) is 0 Å². The summed E-state index contributed by atoms with van der Waals surface area (Å²) in [5, 5.41) is 0. The number of hydrogen-bond acceptors (Lipinski definition) is 1. The van der Waals surface area contributed by atoms with Crippen LogP contribution in [0.3, 0.4) is 0 Å². The fraction of sp³-hybridized carbons (Fsp3) is 0.500.